The fourth-order valence-electron chi connectivity index (χ4n) is 10.3. The Labute approximate surface area is 397 Å². The number of hydrogen-bond acceptors (Lipinski definition) is 8. The highest BCUT2D eigenvalue weighted by molar-refractivity contribution is 7.25. The van der Waals surface area contributed by atoms with Crippen molar-refractivity contribution in [3.05, 3.63) is 213 Å². The molecule has 0 aliphatic rings. The molecular formula is C61H35N5O2S. The van der Waals surface area contributed by atoms with Gasteiger partial charge in [-0.3, -0.25) is 9.80 Å². The van der Waals surface area contributed by atoms with Crippen LogP contribution in [-0.2, 0) is 0 Å². The lowest BCUT2D eigenvalue weighted by molar-refractivity contribution is 0.668. The summed E-state index contributed by atoms with van der Waals surface area (Å²) in [5.74, 6) is 1.34. The van der Waals surface area contributed by atoms with Gasteiger partial charge in [-0.25, -0.2) is 15.0 Å². The van der Waals surface area contributed by atoms with Gasteiger partial charge in [0.05, 0.1) is 11.4 Å². The van der Waals surface area contributed by atoms with Crippen LogP contribution >= 0.6 is 11.3 Å². The van der Waals surface area contributed by atoms with Crippen molar-refractivity contribution in [2.75, 3.05) is 9.80 Å². The number of hydrogen-bond donors (Lipinski definition) is 0. The zero-order valence-corrected chi connectivity index (χ0v) is 37.5. The molecule has 0 unspecified atom stereocenters. The lowest BCUT2D eigenvalue weighted by Crippen LogP contribution is -2.13. The quantitative estimate of drug-likeness (QED) is 0.154. The SMILES string of the molecule is c1ccc2cc3cc(N(c4ccc5c(c4)oc4ccccc45)c4cc5sc6nc(N(c7ccc8cc9ccccc9cc8c7)c7ccc8c(c7)oc7ccccc78)ncc6c5cn4)ccc3cc2c1. The van der Waals surface area contributed by atoms with Gasteiger partial charge in [0.2, 0.25) is 5.95 Å². The molecule has 0 aliphatic carbocycles. The minimum Gasteiger partial charge on any atom is -0.456 e. The number of benzene rings is 10. The molecule has 5 heterocycles. The van der Waals surface area contributed by atoms with E-state index in [0.29, 0.717) is 5.95 Å². The van der Waals surface area contributed by atoms with Crippen molar-refractivity contribution >= 4 is 153 Å². The van der Waals surface area contributed by atoms with Gasteiger partial charge in [-0.05, 0) is 134 Å². The Morgan fingerprint density at radius 1 is 0.333 bits per heavy atom. The van der Waals surface area contributed by atoms with Gasteiger partial charge in [-0.15, -0.1) is 11.3 Å². The van der Waals surface area contributed by atoms with Crippen molar-refractivity contribution in [3.63, 3.8) is 0 Å². The number of fused-ring (bicyclic) bond motifs is 13. The first kappa shape index (κ1) is 38.0. The highest BCUT2D eigenvalue weighted by atomic mass is 32.1. The topological polar surface area (TPSA) is 71.4 Å². The van der Waals surface area contributed by atoms with Crippen LogP contribution in [0, 0.1) is 0 Å². The largest absolute Gasteiger partial charge is 0.456 e. The third-order valence-corrected chi connectivity index (χ3v) is 14.7. The molecule has 0 amide bonds. The summed E-state index contributed by atoms with van der Waals surface area (Å²) in [5.41, 5.74) is 7.11. The van der Waals surface area contributed by atoms with E-state index in [-0.39, 0.29) is 0 Å². The maximum absolute atomic E-state index is 6.44. The molecular weight excluding hydrogens is 867 g/mol. The van der Waals surface area contributed by atoms with E-state index >= 15 is 0 Å². The predicted molar refractivity (Wildman–Crippen MR) is 287 cm³/mol. The number of aromatic nitrogens is 3. The van der Waals surface area contributed by atoms with Crippen molar-refractivity contribution in [2.45, 2.75) is 0 Å². The minimum atomic E-state index is 0.558. The molecule has 0 saturated heterocycles. The monoisotopic (exact) mass is 901 g/mol. The van der Waals surface area contributed by atoms with E-state index in [2.05, 4.69) is 180 Å². The lowest BCUT2D eigenvalue weighted by atomic mass is 10.0. The maximum Gasteiger partial charge on any atom is 0.235 e. The molecule has 0 atom stereocenters. The second-order valence-corrected chi connectivity index (χ2v) is 18.8. The first-order valence-electron chi connectivity index (χ1n) is 23.0. The molecule has 0 bridgehead atoms. The first-order valence-corrected chi connectivity index (χ1v) is 23.8. The molecule has 7 nitrogen and oxygen atoms in total. The van der Waals surface area contributed by atoms with Gasteiger partial charge in [0.1, 0.15) is 33.0 Å². The first-order chi connectivity index (χ1) is 34.1. The summed E-state index contributed by atoms with van der Waals surface area (Å²) in [6.45, 7) is 0. The molecule has 5 aromatic heterocycles. The number of anilines is 6. The number of para-hydroxylation sites is 2. The van der Waals surface area contributed by atoms with Crippen molar-refractivity contribution in [1.29, 1.82) is 0 Å². The van der Waals surface area contributed by atoms with Crippen molar-refractivity contribution in [3.8, 4) is 0 Å². The number of nitrogens with zero attached hydrogens (tertiary/aromatic N) is 5. The van der Waals surface area contributed by atoms with Gasteiger partial charge < -0.3 is 8.83 Å². The van der Waals surface area contributed by atoms with Crippen LogP contribution < -0.4 is 9.80 Å². The van der Waals surface area contributed by atoms with Crippen LogP contribution in [0.3, 0.4) is 0 Å². The van der Waals surface area contributed by atoms with E-state index in [1.54, 1.807) is 11.3 Å². The number of pyridine rings is 1. The summed E-state index contributed by atoms with van der Waals surface area (Å²) in [5, 5.41) is 15.7. The Balaban J connectivity index is 0.887. The minimum absolute atomic E-state index is 0.558. The summed E-state index contributed by atoms with van der Waals surface area (Å²) in [6, 6.07) is 70.6. The molecule has 69 heavy (non-hydrogen) atoms. The highest BCUT2D eigenvalue weighted by Gasteiger charge is 2.22. The summed E-state index contributed by atoms with van der Waals surface area (Å²) in [7, 11) is 0. The van der Waals surface area contributed by atoms with E-state index in [9.17, 15) is 0 Å². The Morgan fingerprint density at radius 3 is 1.38 bits per heavy atom. The predicted octanol–water partition coefficient (Wildman–Crippen LogP) is 17.6. The molecule has 322 valence electrons. The average molecular weight is 902 g/mol. The zero-order chi connectivity index (χ0) is 45.2. The molecule has 8 heteroatoms. The molecule has 0 radical (unpaired) electrons. The van der Waals surface area contributed by atoms with Crippen LogP contribution in [0.4, 0.5) is 34.5 Å². The molecule has 0 aliphatic heterocycles. The summed E-state index contributed by atoms with van der Waals surface area (Å²) >= 11 is 1.64. The fourth-order valence-corrected chi connectivity index (χ4v) is 11.3. The third kappa shape index (κ3) is 6.09. The normalized spacial score (nSPS) is 12.1. The number of rotatable bonds is 6. The standard InChI is InChI=1S/C61H35N5O2S/c1-3-11-38-27-42-29-44(19-17-40(42)25-36(38)9-1)65(46-21-23-50-48-13-5-7-15-54(48)67-56(50)31-46)59-33-58-52(34-62-59)53-35-63-61(64-60(53)69-58)66(47-22-24-51-49-14-6-8-16-55(49)68-57(51)32-47)45-20-18-41-26-37-10-2-4-12-39(37)28-43(41)30-45/h1-35H. The van der Waals surface area contributed by atoms with Crippen LogP contribution in [0.1, 0.15) is 0 Å². The second-order valence-electron chi connectivity index (χ2n) is 17.7. The maximum atomic E-state index is 6.44. The van der Waals surface area contributed by atoms with E-state index in [1.165, 1.54) is 26.9 Å². The summed E-state index contributed by atoms with van der Waals surface area (Å²) in [4.78, 5) is 20.9. The Hall–Kier alpha value is -9.11. The Kier molecular flexibility index (Phi) is 8.10. The van der Waals surface area contributed by atoms with Crippen LogP contribution in [0.25, 0.3) is 107 Å². The fraction of sp³-hybridized carbons (Fsp3) is 0. The number of furan rings is 2. The van der Waals surface area contributed by atoms with Crippen LogP contribution in [0.2, 0.25) is 0 Å². The second kappa shape index (κ2) is 14.7. The van der Waals surface area contributed by atoms with Gasteiger partial charge in [0, 0.05) is 72.9 Å². The van der Waals surface area contributed by atoms with E-state index < -0.39 is 0 Å². The Bertz CT molecular complexity index is 4320. The smallest absolute Gasteiger partial charge is 0.235 e. The van der Waals surface area contributed by atoms with Crippen LogP contribution in [0.5, 0.6) is 0 Å². The molecule has 10 aromatic carbocycles. The van der Waals surface area contributed by atoms with Gasteiger partial charge in [0.25, 0.3) is 0 Å². The van der Waals surface area contributed by atoms with Crippen LogP contribution in [0.15, 0.2) is 221 Å². The van der Waals surface area contributed by atoms with Gasteiger partial charge >= 0.3 is 0 Å². The van der Waals surface area contributed by atoms with E-state index in [4.69, 9.17) is 23.8 Å². The molecule has 15 aromatic rings. The Morgan fingerprint density at radius 2 is 0.783 bits per heavy atom. The lowest BCUT2D eigenvalue weighted by Gasteiger charge is -2.24. The van der Waals surface area contributed by atoms with Gasteiger partial charge in [-0.2, -0.15) is 0 Å². The molecule has 0 fully saturated rings. The molecule has 0 spiro atoms. The molecule has 15 rings (SSSR count). The van der Waals surface area contributed by atoms with Crippen molar-refractivity contribution in [2.24, 2.45) is 0 Å². The number of thiophene rings is 1. The zero-order valence-electron chi connectivity index (χ0n) is 36.7. The summed E-state index contributed by atoms with van der Waals surface area (Å²) < 4.78 is 13.9. The van der Waals surface area contributed by atoms with Gasteiger partial charge in [0.15, 0.2) is 0 Å². The molecule has 0 saturated carbocycles. The van der Waals surface area contributed by atoms with E-state index in [0.717, 1.165) is 109 Å². The third-order valence-electron chi connectivity index (χ3n) is 13.7. The summed E-state index contributed by atoms with van der Waals surface area (Å²) in [6.07, 6.45) is 3.91. The highest BCUT2D eigenvalue weighted by Crippen LogP contribution is 2.44. The average Bonchev–Trinajstić information content (AvgIpc) is 4.08. The van der Waals surface area contributed by atoms with Crippen molar-refractivity contribution < 1.29 is 8.83 Å². The van der Waals surface area contributed by atoms with Crippen molar-refractivity contribution in [1.82, 2.24) is 15.0 Å². The van der Waals surface area contributed by atoms with Crippen LogP contribution in [-0.4, -0.2) is 15.0 Å². The van der Waals surface area contributed by atoms with Gasteiger partial charge in [-0.1, -0.05) is 97.1 Å². The molecule has 0 N–H and O–H groups in total. The van der Waals surface area contributed by atoms with E-state index in [1.807, 2.05) is 42.7 Å².